The maximum atomic E-state index is 12.2. The Morgan fingerprint density at radius 1 is 1.20 bits per heavy atom. The first kappa shape index (κ1) is 16.9. The summed E-state index contributed by atoms with van der Waals surface area (Å²) in [6, 6.07) is 7.74. The van der Waals surface area contributed by atoms with Crippen molar-refractivity contribution in [2.75, 3.05) is 12.3 Å². The number of aryl methyl sites for hydroxylation is 1. The fourth-order valence-corrected chi connectivity index (χ4v) is 2.64. The van der Waals surface area contributed by atoms with Crippen molar-refractivity contribution >= 4 is 22.9 Å². The Balaban J connectivity index is 1.52. The van der Waals surface area contributed by atoms with Gasteiger partial charge in [-0.05, 0) is 30.0 Å². The van der Waals surface area contributed by atoms with Gasteiger partial charge in [-0.2, -0.15) is 0 Å². The Bertz CT molecular complexity index is 869. The van der Waals surface area contributed by atoms with E-state index in [2.05, 4.69) is 34.1 Å². The largest absolute Gasteiger partial charge is 0.382 e. The highest BCUT2D eigenvalue weighted by molar-refractivity contribution is 5.94. The molecule has 3 N–H and O–H groups in total. The first-order valence-corrected chi connectivity index (χ1v) is 8.35. The monoisotopic (exact) mass is 338 g/mol. The normalized spacial score (nSPS) is 11.2. The number of aromatic nitrogens is 4. The highest BCUT2D eigenvalue weighted by Gasteiger charge is 2.08. The standard InChI is InChI=1S/C18H22N6O/c1-12(2)13-4-6-14(7-5-13)18(25)20-8-3-9-24-11-23-15-16(19)21-10-22-17(15)24/h4-7,10-12H,3,8-9H2,1-2H3,(H,20,25)(H2,19,21,22). The van der Waals surface area contributed by atoms with Gasteiger partial charge in [-0.3, -0.25) is 4.79 Å². The quantitative estimate of drug-likeness (QED) is 0.672. The van der Waals surface area contributed by atoms with Gasteiger partial charge in [-0.25, -0.2) is 15.0 Å². The number of fused-ring (bicyclic) bond motifs is 1. The molecular weight excluding hydrogens is 316 g/mol. The Morgan fingerprint density at radius 2 is 1.96 bits per heavy atom. The number of nitrogen functional groups attached to an aromatic ring is 1. The Kier molecular flexibility index (Phi) is 4.92. The molecule has 0 atom stereocenters. The van der Waals surface area contributed by atoms with Crippen LogP contribution in [0.1, 0.15) is 42.1 Å². The zero-order chi connectivity index (χ0) is 17.8. The molecule has 1 aromatic carbocycles. The van der Waals surface area contributed by atoms with Gasteiger partial charge in [0.25, 0.3) is 5.91 Å². The van der Waals surface area contributed by atoms with E-state index in [1.165, 1.54) is 11.9 Å². The van der Waals surface area contributed by atoms with Crippen LogP contribution in [-0.2, 0) is 6.54 Å². The summed E-state index contributed by atoms with van der Waals surface area (Å²) < 4.78 is 1.91. The highest BCUT2D eigenvalue weighted by atomic mass is 16.1. The zero-order valence-corrected chi connectivity index (χ0v) is 14.4. The van der Waals surface area contributed by atoms with Crippen molar-refractivity contribution in [3.63, 3.8) is 0 Å². The molecule has 0 aliphatic heterocycles. The molecule has 3 aromatic rings. The van der Waals surface area contributed by atoms with Crippen LogP contribution in [0.25, 0.3) is 11.2 Å². The number of imidazole rings is 1. The number of anilines is 1. The van der Waals surface area contributed by atoms with E-state index in [1.54, 1.807) is 6.33 Å². The highest BCUT2D eigenvalue weighted by Crippen LogP contribution is 2.15. The molecule has 0 bridgehead atoms. The molecule has 2 heterocycles. The average Bonchev–Trinajstić information content (AvgIpc) is 3.03. The van der Waals surface area contributed by atoms with Crippen LogP contribution in [-0.4, -0.2) is 32.0 Å². The van der Waals surface area contributed by atoms with Gasteiger partial charge in [0.2, 0.25) is 0 Å². The number of rotatable bonds is 6. The summed E-state index contributed by atoms with van der Waals surface area (Å²) in [7, 11) is 0. The van der Waals surface area contributed by atoms with Gasteiger partial charge in [0, 0.05) is 18.7 Å². The van der Waals surface area contributed by atoms with Crippen LogP contribution >= 0.6 is 0 Å². The second kappa shape index (κ2) is 7.29. The second-order valence-corrected chi connectivity index (χ2v) is 6.26. The molecule has 0 aliphatic rings. The summed E-state index contributed by atoms with van der Waals surface area (Å²) in [5, 5.41) is 2.94. The molecule has 0 saturated carbocycles. The fraction of sp³-hybridized carbons (Fsp3) is 0.333. The summed E-state index contributed by atoms with van der Waals surface area (Å²) >= 11 is 0. The van der Waals surface area contributed by atoms with Crippen molar-refractivity contribution in [1.82, 2.24) is 24.8 Å². The van der Waals surface area contributed by atoms with E-state index in [9.17, 15) is 4.79 Å². The molecular formula is C18H22N6O. The van der Waals surface area contributed by atoms with Gasteiger partial charge in [0.15, 0.2) is 11.5 Å². The molecule has 130 valence electrons. The SMILES string of the molecule is CC(C)c1ccc(C(=O)NCCCn2cnc3c(N)ncnc32)cc1. The number of hydrogen-bond donors (Lipinski definition) is 2. The molecule has 0 saturated heterocycles. The van der Waals surface area contributed by atoms with Gasteiger partial charge in [-0.1, -0.05) is 26.0 Å². The molecule has 0 unspecified atom stereocenters. The number of benzene rings is 1. The Labute approximate surface area is 146 Å². The van der Waals surface area contributed by atoms with E-state index < -0.39 is 0 Å². The predicted molar refractivity (Wildman–Crippen MR) is 97.2 cm³/mol. The molecule has 1 amide bonds. The third-order valence-electron chi connectivity index (χ3n) is 4.13. The maximum Gasteiger partial charge on any atom is 0.251 e. The molecule has 0 aliphatic carbocycles. The van der Waals surface area contributed by atoms with E-state index in [0.29, 0.717) is 41.6 Å². The van der Waals surface area contributed by atoms with Crippen molar-refractivity contribution in [1.29, 1.82) is 0 Å². The molecule has 3 rings (SSSR count). The van der Waals surface area contributed by atoms with Gasteiger partial charge in [-0.15, -0.1) is 0 Å². The van der Waals surface area contributed by atoms with E-state index in [-0.39, 0.29) is 5.91 Å². The van der Waals surface area contributed by atoms with Crippen LogP contribution in [0, 0.1) is 0 Å². The lowest BCUT2D eigenvalue weighted by atomic mass is 10.0. The molecule has 7 nitrogen and oxygen atoms in total. The summed E-state index contributed by atoms with van der Waals surface area (Å²) in [4.78, 5) is 24.5. The number of hydrogen-bond acceptors (Lipinski definition) is 5. The minimum Gasteiger partial charge on any atom is -0.382 e. The van der Waals surface area contributed by atoms with Crippen molar-refractivity contribution in [3.8, 4) is 0 Å². The summed E-state index contributed by atoms with van der Waals surface area (Å²) in [6.07, 6.45) is 3.89. The number of nitrogens with two attached hydrogens (primary N) is 1. The van der Waals surface area contributed by atoms with Gasteiger partial charge in [0.1, 0.15) is 11.8 Å². The number of nitrogens with zero attached hydrogens (tertiary/aromatic N) is 4. The van der Waals surface area contributed by atoms with E-state index >= 15 is 0 Å². The number of carbonyl (C=O) groups is 1. The third kappa shape index (κ3) is 3.76. The first-order chi connectivity index (χ1) is 12.1. The smallest absolute Gasteiger partial charge is 0.251 e. The van der Waals surface area contributed by atoms with Crippen LogP contribution < -0.4 is 11.1 Å². The molecule has 0 spiro atoms. The first-order valence-electron chi connectivity index (χ1n) is 8.35. The number of carbonyl (C=O) groups excluding carboxylic acids is 1. The second-order valence-electron chi connectivity index (χ2n) is 6.26. The molecule has 7 heteroatoms. The zero-order valence-electron chi connectivity index (χ0n) is 14.4. The van der Waals surface area contributed by atoms with Gasteiger partial charge >= 0.3 is 0 Å². The number of amides is 1. The van der Waals surface area contributed by atoms with Crippen molar-refractivity contribution in [3.05, 3.63) is 48.0 Å². The van der Waals surface area contributed by atoms with E-state index in [4.69, 9.17) is 5.73 Å². The molecule has 0 radical (unpaired) electrons. The van der Waals surface area contributed by atoms with E-state index in [0.717, 1.165) is 6.42 Å². The third-order valence-corrected chi connectivity index (χ3v) is 4.13. The fourth-order valence-electron chi connectivity index (χ4n) is 2.64. The summed E-state index contributed by atoms with van der Waals surface area (Å²) in [5.41, 5.74) is 9.00. The topological polar surface area (TPSA) is 98.7 Å². The van der Waals surface area contributed by atoms with Crippen LogP contribution in [0.5, 0.6) is 0 Å². The molecule has 25 heavy (non-hydrogen) atoms. The molecule has 2 aromatic heterocycles. The van der Waals surface area contributed by atoms with Crippen LogP contribution in [0.15, 0.2) is 36.9 Å². The average molecular weight is 338 g/mol. The van der Waals surface area contributed by atoms with Crippen LogP contribution in [0.4, 0.5) is 5.82 Å². The minimum atomic E-state index is -0.0580. The Morgan fingerprint density at radius 3 is 2.68 bits per heavy atom. The van der Waals surface area contributed by atoms with Gasteiger partial charge in [0.05, 0.1) is 6.33 Å². The number of nitrogens with one attached hydrogen (secondary N) is 1. The molecule has 0 fully saturated rings. The maximum absolute atomic E-state index is 12.2. The van der Waals surface area contributed by atoms with Crippen molar-refractivity contribution < 1.29 is 4.79 Å². The van der Waals surface area contributed by atoms with E-state index in [1.807, 2.05) is 28.8 Å². The van der Waals surface area contributed by atoms with Crippen LogP contribution in [0.3, 0.4) is 0 Å². The Hall–Kier alpha value is -2.96. The lowest BCUT2D eigenvalue weighted by molar-refractivity contribution is 0.0952. The summed E-state index contributed by atoms with van der Waals surface area (Å²) in [5.74, 6) is 0.777. The minimum absolute atomic E-state index is 0.0580. The van der Waals surface area contributed by atoms with Crippen molar-refractivity contribution in [2.24, 2.45) is 0 Å². The van der Waals surface area contributed by atoms with Crippen LogP contribution in [0.2, 0.25) is 0 Å². The van der Waals surface area contributed by atoms with Gasteiger partial charge < -0.3 is 15.6 Å². The lowest BCUT2D eigenvalue weighted by Gasteiger charge is -2.08. The predicted octanol–water partition coefficient (Wildman–Crippen LogP) is 2.35. The summed E-state index contributed by atoms with van der Waals surface area (Å²) in [6.45, 7) is 5.53. The van der Waals surface area contributed by atoms with Crippen molar-refractivity contribution in [2.45, 2.75) is 32.7 Å². The lowest BCUT2D eigenvalue weighted by Crippen LogP contribution is -2.25.